The van der Waals surface area contributed by atoms with Crippen molar-refractivity contribution in [3.63, 3.8) is 0 Å². The van der Waals surface area contributed by atoms with Crippen molar-refractivity contribution >= 4 is 22.4 Å². The summed E-state index contributed by atoms with van der Waals surface area (Å²) < 4.78 is 17.0. The molecule has 0 saturated heterocycles. The number of aliphatic hydroxyl groups excluding tert-OH is 1. The van der Waals surface area contributed by atoms with Crippen molar-refractivity contribution in [2.24, 2.45) is 5.92 Å². The number of nitrogens with one attached hydrogen (secondary N) is 1. The van der Waals surface area contributed by atoms with Crippen molar-refractivity contribution in [3.05, 3.63) is 53.1 Å². The highest BCUT2D eigenvalue weighted by Gasteiger charge is 2.37. The van der Waals surface area contributed by atoms with Crippen LogP contribution in [0.15, 0.2) is 36.4 Å². The van der Waals surface area contributed by atoms with Gasteiger partial charge in [-0.05, 0) is 48.6 Å². The summed E-state index contributed by atoms with van der Waals surface area (Å²) >= 11 is 0. The molecule has 31 heavy (non-hydrogen) atoms. The number of hydrogen-bond donors (Lipinski definition) is 3. The normalized spacial score (nSPS) is 20.2. The zero-order valence-electron chi connectivity index (χ0n) is 17.7. The van der Waals surface area contributed by atoms with Gasteiger partial charge in [0, 0.05) is 52.6 Å². The van der Waals surface area contributed by atoms with E-state index < -0.39 is 17.0 Å². The highest BCUT2D eigenvalue weighted by molar-refractivity contribution is 7.84. The third kappa shape index (κ3) is 4.61. The summed E-state index contributed by atoms with van der Waals surface area (Å²) in [7, 11) is 0.495. The summed E-state index contributed by atoms with van der Waals surface area (Å²) in [6.07, 6.45) is 3.09. The number of benzene rings is 2. The highest BCUT2D eigenvalue weighted by Crippen LogP contribution is 2.44. The first kappa shape index (κ1) is 21.8. The van der Waals surface area contributed by atoms with E-state index in [0.717, 1.165) is 24.0 Å². The van der Waals surface area contributed by atoms with E-state index in [-0.39, 0.29) is 23.6 Å². The average molecular weight is 445 g/mol. The minimum Gasteiger partial charge on any atom is -0.504 e. The lowest BCUT2D eigenvalue weighted by molar-refractivity contribution is -0.117. The number of phenolic OH excluding ortho intramolecular Hbond substituents is 1. The van der Waals surface area contributed by atoms with Crippen LogP contribution in [0.25, 0.3) is 0 Å². The van der Waals surface area contributed by atoms with Gasteiger partial charge in [0.2, 0.25) is 5.91 Å². The fourth-order valence-electron chi connectivity index (χ4n) is 4.19. The Balaban J connectivity index is 1.64. The van der Waals surface area contributed by atoms with Crippen molar-refractivity contribution in [2.75, 3.05) is 24.4 Å². The molecule has 1 aliphatic carbocycles. The number of ether oxygens (including phenoxy) is 1. The number of carbonyl (C=O) groups excluding carboxylic acids is 1. The van der Waals surface area contributed by atoms with E-state index in [4.69, 9.17) is 4.74 Å². The van der Waals surface area contributed by atoms with Crippen LogP contribution in [0.5, 0.6) is 11.5 Å². The van der Waals surface area contributed by atoms with E-state index in [9.17, 15) is 19.2 Å². The van der Waals surface area contributed by atoms with Crippen LogP contribution in [-0.4, -0.2) is 44.3 Å². The second-order valence-corrected chi connectivity index (χ2v) is 9.76. The molecular weight excluding hydrogens is 416 g/mol. The van der Waals surface area contributed by atoms with Crippen LogP contribution < -0.4 is 10.1 Å². The number of amides is 1. The highest BCUT2D eigenvalue weighted by atomic mass is 32.2. The van der Waals surface area contributed by atoms with Crippen molar-refractivity contribution in [2.45, 2.75) is 38.1 Å². The molecule has 1 fully saturated rings. The lowest BCUT2D eigenvalue weighted by atomic mass is 10.0. The molecule has 0 radical (unpaired) electrons. The smallest absolute Gasteiger partial charge is 0.227 e. The van der Waals surface area contributed by atoms with Gasteiger partial charge >= 0.3 is 0 Å². The Hall–Kier alpha value is -2.42. The number of nitrogens with zero attached hydrogens (tertiary/aromatic N) is 1. The monoisotopic (exact) mass is 444 g/mol. The number of rotatable bonds is 8. The molecule has 2 aromatic rings. The Labute approximate surface area is 184 Å². The van der Waals surface area contributed by atoms with Gasteiger partial charge in [0.05, 0.1) is 7.11 Å². The van der Waals surface area contributed by atoms with Gasteiger partial charge in [0.25, 0.3) is 0 Å². The summed E-state index contributed by atoms with van der Waals surface area (Å²) in [6.45, 7) is 0.484. The molecule has 7 nitrogen and oxygen atoms in total. The van der Waals surface area contributed by atoms with Crippen molar-refractivity contribution in [1.82, 2.24) is 4.90 Å². The molecule has 166 valence electrons. The first-order valence-electron chi connectivity index (χ1n) is 10.4. The van der Waals surface area contributed by atoms with E-state index in [2.05, 4.69) is 5.32 Å². The van der Waals surface area contributed by atoms with Gasteiger partial charge in [-0.1, -0.05) is 18.2 Å². The lowest BCUT2D eigenvalue weighted by Crippen LogP contribution is -2.29. The number of carbonyl (C=O) groups is 1. The number of methoxy groups -OCH3 is 1. The minimum atomic E-state index is -0.996. The Morgan fingerprint density at radius 3 is 2.74 bits per heavy atom. The molecule has 3 unspecified atom stereocenters. The van der Waals surface area contributed by atoms with Crippen LogP contribution in [0.4, 0.5) is 5.69 Å². The maximum absolute atomic E-state index is 12.3. The number of fused-ring (bicyclic) bond motifs is 1. The summed E-state index contributed by atoms with van der Waals surface area (Å²) in [6, 6.07) is 10.6. The SMILES string of the molecule is COc1ccc(C(CCS(C)=O)N2Cc3cccc(NC(=O)C4CC4)c3C2O)cc1O. The van der Waals surface area contributed by atoms with Gasteiger partial charge in [0.15, 0.2) is 11.5 Å². The minimum absolute atomic E-state index is 0.00273. The molecule has 0 spiro atoms. The van der Waals surface area contributed by atoms with Gasteiger partial charge in [-0.25, -0.2) is 0 Å². The molecule has 0 aromatic heterocycles. The number of aromatic hydroxyl groups is 1. The van der Waals surface area contributed by atoms with Gasteiger partial charge in [-0.2, -0.15) is 0 Å². The molecule has 4 rings (SSSR count). The Morgan fingerprint density at radius 1 is 1.32 bits per heavy atom. The zero-order chi connectivity index (χ0) is 22.1. The van der Waals surface area contributed by atoms with Crippen molar-refractivity contribution in [1.29, 1.82) is 0 Å². The van der Waals surface area contributed by atoms with Crippen LogP contribution in [0.2, 0.25) is 0 Å². The van der Waals surface area contributed by atoms with Crippen LogP contribution in [-0.2, 0) is 22.1 Å². The van der Waals surface area contributed by atoms with Gasteiger partial charge < -0.3 is 20.3 Å². The molecule has 1 amide bonds. The van der Waals surface area contributed by atoms with Gasteiger partial charge in [-0.15, -0.1) is 0 Å². The third-order valence-corrected chi connectivity index (χ3v) is 6.81. The molecular formula is C23H28N2O5S. The third-order valence-electron chi connectivity index (χ3n) is 5.99. The molecule has 1 saturated carbocycles. The second kappa shape index (κ2) is 8.98. The predicted molar refractivity (Wildman–Crippen MR) is 119 cm³/mol. The summed E-state index contributed by atoms with van der Waals surface area (Å²) in [5, 5.41) is 24.5. The van der Waals surface area contributed by atoms with Gasteiger partial charge in [-0.3, -0.25) is 13.9 Å². The van der Waals surface area contributed by atoms with E-state index >= 15 is 0 Å². The lowest BCUT2D eigenvalue weighted by Gasteiger charge is -2.31. The number of anilines is 1. The van der Waals surface area contributed by atoms with Crippen LogP contribution in [0.1, 0.15) is 48.2 Å². The molecule has 3 N–H and O–H groups in total. The van der Waals surface area contributed by atoms with E-state index in [1.54, 1.807) is 18.4 Å². The first-order chi connectivity index (χ1) is 14.9. The first-order valence-corrected chi connectivity index (χ1v) is 12.1. The quantitative estimate of drug-likeness (QED) is 0.579. The zero-order valence-corrected chi connectivity index (χ0v) is 18.5. The summed E-state index contributed by atoms with van der Waals surface area (Å²) in [4.78, 5) is 14.2. The van der Waals surface area contributed by atoms with Gasteiger partial charge in [0.1, 0.15) is 6.23 Å². The van der Waals surface area contributed by atoms with Crippen LogP contribution >= 0.6 is 0 Å². The predicted octanol–water partition coefficient (Wildman–Crippen LogP) is 3.07. The Morgan fingerprint density at radius 2 is 2.10 bits per heavy atom. The van der Waals surface area contributed by atoms with Crippen molar-refractivity contribution < 1.29 is 24.0 Å². The maximum Gasteiger partial charge on any atom is 0.227 e. The molecule has 2 aliphatic rings. The van der Waals surface area contributed by atoms with E-state index in [1.807, 2.05) is 29.2 Å². The second-order valence-electron chi connectivity index (χ2n) is 8.20. The number of hydrogen-bond acceptors (Lipinski definition) is 6. The molecule has 1 aliphatic heterocycles. The number of phenols is 1. The molecule has 3 atom stereocenters. The van der Waals surface area contributed by atoms with Crippen molar-refractivity contribution in [3.8, 4) is 11.5 Å². The number of aliphatic hydroxyl groups is 1. The fourth-order valence-corrected chi connectivity index (χ4v) is 4.75. The maximum atomic E-state index is 12.3. The van der Waals surface area contributed by atoms with Crippen LogP contribution in [0.3, 0.4) is 0 Å². The molecule has 1 heterocycles. The fraction of sp³-hybridized carbons (Fsp3) is 0.435. The Bertz CT molecular complexity index is 1010. The summed E-state index contributed by atoms with van der Waals surface area (Å²) in [5.74, 6) is 0.919. The standard InChI is InChI=1S/C23H28N2O5S/c1-30-20-9-8-15(12-19(20)26)18(10-11-31(2)29)25-13-16-4-3-5-17(21(16)23(25)28)24-22(27)14-6-7-14/h3-5,8-9,12,14,18,23,26,28H,6-7,10-11,13H2,1-2H3,(H,24,27). The van der Waals surface area contributed by atoms with E-state index in [0.29, 0.717) is 35.7 Å². The average Bonchev–Trinajstić information content (AvgIpc) is 3.53. The molecule has 8 heteroatoms. The topological polar surface area (TPSA) is 99.1 Å². The largest absolute Gasteiger partial charge is 0.504 e. The Kier molecular flexibility index (Phi) is 6.31. The molecule has 2 aromatic carbocycles. The summed E-state index contributed by atoms with van der Waals surface area (Å²) in [5.41, 5.74) is 3.09. The van der Waals surface area contributed by atoms with Crippen LogP contribution in [0, 0.1) is 5.92 Å². The van der Waals surface area contributed by atoms with E-state index in [1.165, 1.54) is 7.11 Å². The molecule has 0 bridgehead atoms.